The largest absolute Gasteiger partial charge is 0.418 e. The monoisotopic (exact) mass is 529 g/mol. The minimum atomic E-state index is -0.752. The van der Waals surface area contributed by atoms with Gasteiger partial charge in [-0.1, -0.05) is 16.8 Å². The number of rotatable bonds is 7. The van der Waals surface area contributed by atoms with Crippen LogP contribution in [0.25, 0.3) is 10.6 Å². The van der Waals surface area contributed by atoms with Gasteiger partial charge in [0.2, 0.25) is 5.88 Å². The van der Waals surface area contributed by atoms with Crippen molar-refractivity contribution < 1.29 is 28.7 Å². The summed E-state index contributed by atoms with van der Waals surface area (Å²) in [6, 6.07) is 13.6. The lowest BCUT2D eigenvalue weighted by Gasteiger charge is -2.26. The van der Waals surface area contributed by atoms with E-state index in [2.05, 4.69) is 15.6 Å². The number of halogens is 1. The minimum Gasteiger partial charge on any atom is -0.390 e. The third-order valence-corrected chi connectivity index (χ3v) is 6.54. The number of morpholine rings is 1. The van der Waals surface area contributed by atoms with Gasteiger partial charge in [0.1, 0.15) is 12.3 Å². The smallest absolute Gasteiger partial charge is 0.390 e. The Balaban J connectivity index is 1.21. The number of hydrogen-bond donors (Lipinski definition) is 2. The molecule has 4 aromatic rings. The molecule has 2 amide bonds. The highest BCUT2D eigenvalue weighted by molar-refractivity contribution is 7.19. The summed E-state index contributed by atoms with van der Waals surface area (Å²) in [7, 11) is 0. The van der Waals surface area contributed by atoms with Crippen molar-refractivity contribution in [2.45, 2.75) is 13.2 Å². The Bertz CT molecular complexity index is 1380. The van der Waals surface area contributed by atoms with Gasteiger partial charge in [0.25, 0.3) is 5.91 Å². The number of benzene rings is 1. The van der Waals surface area contributed by atoms with Crippen molar-refractivity contribution in [1.29, 1.82) is 0 Å². The summed E-state index contributed by atoms with van der Waals surface area (Å²) < 4.78 is 17.9. The summed E-state index contributed by atoms with van der Waals surface area (Å²) in [5.74, 6) is 0.467. The molecular formula is C23H20ClN5O6S. The highest BCUT2D eigenvalue weighted by atomic mass is 35.5. The molecule has 0 saturated carbocycles. The number of carbonyl (C=O) groups excluding carboxylic acids is 2. The summed E-state index contributed by atoms with van der Waals surface area (Å²) in [6.07, 6.45) is -0.752. The standard InChI is InChI=1S/C23H20ClN5O6S/c24-20-6-5-19(36-20)18-9-15(27-35-18)11-29-17(12-30)10-21(26-29)34-23(32)25-14-1-3-16(4-2-14)28-7-8-33-13-22(28)31/h1-6,9-10,30H,7-8,11-13H2,(H,25,32). The van der Waals surface area contributed by atoms with Gasteiger partial charge in [0.05, 0.1) is 34.7 Å². The number of carbonyl (C=O) groups is 2. The SMILES string of the molecule is O=C(Nc1ccc(N2CCOCC2=O)cc1)Oc1cc(CO)n(Cc2cc(-c3ccc(Cl)s3)on2)n1. The van der Waals surface area contributed by atoms with Crippen molar-refractivity contribution in [1.82, 2.24) is 14.9 Å². The summed E-state index contributed by atoms with van der Waals surface area (Å²) >= 11 is 7.35. The zero-order valence-corrected chi connectivity index (χ0v) is 20.3. The number of nitrogens with one attached hydrogen (secondary N) is 1. The maximum Gasteiger partial charge on any atom is 0.418 e. The first-order valence-electron chi connectivity index (χ1n) is 10.8. The molecule has 2 N–H and O–H groups in total. The van der Waals surface area contributed by atoms with Crippen LogP contribution in [0, 0.1) is 0 Å². The number of aromatic nitrogens is 3. The van der Waals surface area contributed by atoms with Gasteiger partial charge in [-0.25, -0.2) is 4.79 Å². The van der Waals surface area contributed by atoms with E-state index in [-0.39, 0.29) is 31.5 Å². The topological polar surface area (TPSA) is 132 Å². The maximum atomic E-state index is 12.4. The van der Waals surface area contributed by atoms with E-state index in [1.165, 1.54) is 22.1 Å². The lowest BCUT2D eigenvalue weighted by molar-refractivity contribution is -0.125. The van der Waals surface area contributed by atoms with Crippen molar-refractivity contribution >= 4 is 46.3 Å². The molecule has 1 aromatic carbocycles. The van der Waals surface area contributed by atoms with E-state index in [1.54, 1.807) is 41.3 Å². The average molecular weight is 530 g/mol. The Labute approximate surface area is 213 Å². The molecule has 5 rings (SSSR count). The summed E-state index contributed by atoms with van der Waals surface area (Å²) in [5.41, 5.74) is 2.20. The Morgan fingerprint density at radius 1 is 1.22 bits per heavy atom. The molecule has 0 atom stereocenters. The van der Waals surface area contributed by atoms with Crippen LogP contribution in [-0.2, 0) is 22.7 Å². The number of anilines is 2. The molecule has 1 saturated heterocycles. The number of ether oxygens (including phenoxy) is 2. The molecule has 11 nitrogen and oxygen atoms in total. The van der Waals surface area contributed by atoms with Crippen LogP contribution in [0.5, 0.6) is 5.88 Å². The van der Waals surface area contributed by atoms with Crippen molar-refractivity contribution in [3.63, 3.8) is 0 Å². The second-order valence-corrected chi connectivity index (χ2v) is 9.45. The van der Waals surface area contributed by atoms with E-state index in [4.69, 9.17) is 25.6 Å². The number of hydrogen-bond acceptors (Lipinski definition) is 9. The Hall–Kier alpha value is -3.71. The summed E-state index contributed by atoms with van der Waals surface area (Å²) in [4.78, 5) is 26.8. The third-order valence-electron chi connectivity index (χ3n) is 5.30. The number of nitrogens with zero attached hydrogens (tertiary/aromatic N) is 4. The van der Waals surface area contributed by atoms with E-state index >= 15 is 0 Å². The maximum absolute atomic E-state index is 12.4. The van der Waals surface area contributed by atoms with Crippen LogP contribution >= 0.6 is 22.9 Å². The van der Waals surface area contributed by atoms with E-state index in [0.29, 0.717) is 46.0 Å². The molecule has 0 unspecified atom stereocenters. The molecule has 0 bridgehead atoms. The van der Waals surface area contributed by atoms with Gasteiger partial charge in [-0.05, 0) is 36.4 Å². The Morgan fingerprint density at radius 3 is 2.78 bits per heavy atom. The third kappa shape index (κ3) is 5.41. The normalized spacial score (nSPS) is 13.7. The number of thiophene rings is 1. The zero-order chi connectivity index (χ0) is 25.1. The molecular weight excluding hydrogens is 510 g/mol. The minimum absolute atomic E-state index is 0.0147. The quantitative estimate of drug-likeness (QED) is 0.370. The molecule has 0 radical (unpaired) electrons. The van der Waals surface area contributed by atoms with Crippen LogP contribution in [-0.4, -0.2) is 51.8 Å². The van der Waals surface area contributed by atoms with Crippen molar-refractivity contribution in [3.8, 4) is 16.5 Å². The number of aliphatic hydroxyl groups is 1. The van der Waals surface area contributed by atoms with E-state index in [9.17, 15) is 14.7 Å². The van der Waals surface area contributed by atoms with Gasteiger partial charge in [0.15, 0.2) is 5.76 Å². The highest BCUT2D eigenvalue weighted by Crippen LogP contribution is 2.31. The molecule has 0 spiro atoms. The second-order valence-electron chi connectivity index (χ2n) is 7.74. The molecule has 1 fully saturated rings. The van der Waals surface area contributed by atoms with Crippen LogP contribution < -0.4 is 15.0 Å². The molecule has 0 aliphatic carbocycles. The molecule has 36 heavy (non-hydrogen) atoms. The van der Waals surface area contributed by atoms with Crippen LogP contribution in [0.2, 0.25) is 4.34 Å². The fraction of sp³-hybridized carbons (Fsp3) is 0.217. The predicted octanol–water partition coefficient (Wildman–Crippen LogP) is 3.77. The Morgan fingerprint density at radius 2 is 2.06 bits per heavy atom. The first-order chi connectivity index (χ1) is 17.5. The van der Waals surface area contributed by atoms with Crippen molar-refractivity contribution in [3.05, 3.63) is 64.3 Å². The van der Waals surface area contributed by atoms with Gasteiger partial charge in [0, 0.05) is 30.1 Å². The van der Waals surface area contributed by atoms with Crippen molar-refractivity contribution in [2.24, 2.45) is 0 Å². The van der Waals surface area contributed by atoms with Crippen LogP contribution in [0.3, 0.4) is 0 Å². The number of amides is 2. The summed E-state index contributed by atoms with van der Waals surface area (Å²) in [6.45, 7) is 0.885. The second kappa shape index (κ2) is 10.5. The van der Waals surface area contributed by atoms with E-state index in [0.717, 1.165) is 4.88 Å². The predicted molar refractivity (Wildman–Crippen MR) is 131 cm³/mol. The summed E-state index contributed by atoms with van der Waals surface area (Å²) in [5, 5.41) is 20.6. The average Bonchev–Trinajstić information content (AvgIpc) is 3.60. The molecule has 3 aromatic heterocycles. The first-order valence-corrected chi connectivity index (χ1v) is 12.0. The highest BCUT2D eigenvalue weighted by Gasteiger charge is 2.20. The van der Waals surface area contributed by atoms with Crippen LogP contribution in [0.15, 0.2) is 53.1 Å². The van der Waals surface area contributed by atoms with Crippen molar-refractivity contribution in [2.75, 3.05) is 30.0 Å². The molecule has 1 aliphatic rings. The van der Waals surface area contributed by atoms with Crippen LogP contribution in [0.1, 0.15) is 11.4 Å². The van der Waals surface area contributed by atoms with E-state index in [1.807, 2.05) is 6.07 Å². The Kier molecular flexibility index (Phi) is 7.00. The van der Waals surface area contributed by atoms with Gasteiger partial charge in [-0.3, -0.25) is 14.8 Å². The van der Waals surface area contributed by atoms with Gasteiger partial charge < -0.3 is 24.0 Å². The molecule has 1 aliphatic heterocycles. The number of aliphatic hydroxyl groups excluding tert-OH is 1. The molecule has 4 heterocycles. The lowest BCUT2D eigenvalue weighted by atomic mass is 10.2. The van der Waals surface area contributed by atoms with Crippen LogP contribution in [0.4, 0.5) is 16.2 Å². The molecule has 13 heteroatoms. The van der Waals surface area contributed by atoms with E-state index < -0.39 is 6.09 Å². The van der Waals surface area contributed by atoms with Gasteiger partial charge in [-0.2, -0.15) is 0 Å². The van der Waals surface area contributed by atoms with Gasteiger partial charge in [-0.15, -0.1) is 16.4 Å². The van der Waals surface area contributed by atoms with Gasteiger partial charge >= 0.3 is 6.09 Å². The fourth-order valence-corrected chi connectivity index (χ4v) is 4.59. The fourth-order valence-electron chi connectivity index (χ4n) is 3.60. The molecule has 186 valence electrons. The zero-order valence-electron chi connectivity index (χ0n) is 18.7. The lowest BCUT2D eigenvalue weighted by Crippen LogP contribution is -2.41. The first kappa shape index (κ1) is 24.0.